The molecule has 0 saturated heterocycles. The van der Waals surface area contributed by atoms with Gasteiger partial charge in [0.2, 0.25) is 0 Å². The standard InChI is InChI=1S/C13H18ClNO2S/c1-2-17-13(16)12(15)6-7-18-9-10-4-3-5-11(14)8-10/h3-5,8,12H,2,6-7,9,15H2,1H3. The minimum Gasteiger partial charge on any atom is -0.465 e. The smallest absolute Gasteiger partial charge is 0.322 e. The molecule has 100 valence electrons. The number of halogens is 1. The topological polar surface area (TPSA) is 52.3 Å². The lowest BCUT2D eigenvalue weighted by Crippen LogP contribution is -2.32. The molecule has 0 amide bonds. The van der Waals surface area contributed by atoms with Gasteiger partial charge >= 0.3 is 5.97 Å². The lowest BCUT2D eigenvalue weighted by molar-refractivity contribution is -0.144. The molecule has 0 aliphatic rings. The fourth-order valence-corrected chi connectivity index (χ4v) is 2.59. The average molecular weight is 288 g/mol. The van der Waals surface area contributed by atoms with Crippen molar-refractivity contribution < 1.29 is 9.53 Å². The maximum atomic E-state index is 11.3. The normalized spacial score (nSPS) is 12.2. The van der Waals surface area contributed by atoms with Crippen LogP contribution in [-0.4, -0.2) is 24.4 Å². The van der Waals surface area contributed by atoms with Crippen molar-refractivity contribution in [2.45, 2.75) is 25.1 Å². The zero-order valence-corrected chi connectivity index (χ0v) is 12.0. The summed E-state index contributed by atoms with van der Waals surface area (Å²) in [5.41, 5.74) is 6.88. The highest BCUT2D eigenvalue weighted by Crippen LogP contribution is 2.17. The second-order valence-electron chi connectivity index (χ2n) is 3.83. The molecule has 18 heavy (non-hydrogen) atoms. The Hall–Kier alpha value is -0.710. The van der Waals surface area contributed by atoms with Crippen LogP contribution in [0.25, 0.3) is 0 Å². The van der Waals surface area contributed by atoms with E-state index in [1.807, 2.05) is 24.3 Å². The molecular formula is C13H18ClNO2S. The molecule has 0 spiro atoms. The van der Waals surface area contributed by atoms with Crippen LogP contribution >= 0.6 is 23.4 Å². The Kier molecular flexibility index (Phi) is 7.16. The summed E-state index contributed by atoms with van der Waals surface area (Å²) in [5, 5.41) is 0.747. The van der Waals surface area contributed by atoms with Crippen molar-refractivity contribution in [3.8, 4) is 0 Å². The van der Waals surface area contributed by atoms with Crippen molar-refractivity contribution in [3.05, 3.63) is 34.9 Å². The minimum absolute atomic E-state index is 0.319. The van der Waals surface area contributed by atoms with E-state index in [1.165, 1.54) is 5.56 Å². The van der Waals surface area contributed by atoms with Gasteiger partial charge < -0.3 is 10.5 Å². The van der Waals surface area contributed by atoms with Gasteiger partial charge in [-0.05, 0) is 36.8 Å². The molecule has 0 bridgehead atoms. The first-order valence-electron chi connectivity index (χ1n) is 5.88. The summed E-state index contributed by atoms with van der Waals surface area (Å²) in [6, 6.07) is 7.25. The van der Waals surface area contributed by atoms with Crippen LogP contribution < -0.4 is 5.73 Å². The first-order chi connectivity index (χ1) is 8.63. The summed E-state index contributed by atoms with van der Waals surface area (Å²) in [4.78, 5) is 11.3. The molecule has 0 saturated carbocycles. The minimum atomic E-state index is -0.517. The Labute approximate surface area is 117 Å². The van der Waals surface area contributed by atoms with Crippen molar-refractivity contribution in [2.24, 2.45) is 5.73 Å². The van der Waals surface area contributed by atoms with E-state index in [1.54, 1.807) is 18.7 Å². The summed E-state index contributed by atoms with van der Waals surface area (Å²) in [7, 11) is 0. The zero-order chi connectivity index (χ0) is 13.4. The van der Waals surface area contributed by atoms with Crippen LogP contribution in [0.4, 0.5) is 0 Å². The van der Waals surface area contributed by atoms with E-state index in [-0.39, 0.29) is 5.97 Å². The predicted octanol–water partition coefficient (Wildman–Crippen LogP) is 2.85. The number of hydrogen-bond acceptors (Lipinski definition) is 4. The maximum Gasteiger partial charge on any atom is 0.322 e. The van der Waals surface area contributed by atoms with Gasteiger partial charge in [-0.3, -0.25) is 4.79 Å². The fraction of sp³-hybridized carbons (Fsp3) is 0.462. The lowest BCUT2D eigenvalue weighted by Gasteiger charge is -2.10. The number of carbonyl (C=O) groups is 1. The van der Waals surface area contributed by atoms with E-state index in [0.717, 1.165) is 16.5 Å². The van der Waals surface area contributed by atoms with Gasteiger partial charge in [-0.15, -0.1) is 0 Å². The van der Waals surface area contributed by atoms with Gasteiger partial charge in [0.1, 0.15) is 6.04 Å². The van der Waals surface area contributed by atoms with Crippen molar-refractivity contribution in [1.29, 1.82) is 0 Å². The van der Waals surface area contributed by atoms with Gasteiger partial charge in [0.15, 0.2) is 0 Å². The summed E-state index contributed by atoms with van der Waals surface area (Å²) < 4.78 is 4.84. The van der Waals surface area contributed by atoms with Crippen molar-refractivity contribution in [1.82, 2.24) is 0 Å². The Balaban J connectivity index is 2.20. The van der Waals surface area contributed by atoms with Crippen LogP contribution in [-0.2, 0) is 15.3 Å². The number of rotatable bonds is 7. The van der Waals surface area contributed by atoms with E-state index in [4.69, 9.17) is 22.1 Å². The second kappa shape index (κ2) is 8.40. The van der Waals surface area contributed by atoms with Gasteiger partial charge in [0.25, 0.3) is 0 Å². The van der Waals surface area contributed by atoms with Gasteiger partial charge in [-0.25, -0.2) is 0 Å². The Morgan fingerprint density at radius 3 is 3.00 bits per heavy atom. The van der Waals surface area contributed by atoms with Gasteiger partial charge in [0.05, 0.1) is 6.61 Å². The first-order valence-corrected chi connectivity index (χ1v) is 7.41. The third-order valence-electron chi connectivity index (χ3n) is 2.32. The molecule has 1 aromatic carbocycles. The van der Waals surface area contributed by atoms with E-state index in [9.17, 15) is 4.79 Å². The maximum absolute atomic E-state index is 11.3. The van der Waals surface area contributed by atoms with Gasteiger partial charge in [-0.1, -0.05) is 23.7 Å². The first kappa shape index (κ1) is 15.3. The molecule has 0 aromatic heterocycles. The molecule has 0 fully saturated rings. The molecule has 3 nitrogen and oxygen atoms in total. The third-order valence-corrected chi connectivity index (χ3v) is 3.62. The SMILES string of the molecule is CCOC(=O)C(N)CCSCc1cccc(Cl)c1. The van der Waals surface area contributed by atoms with Crippen LogP contribution in [0.2, 0.25) is 5.02 Å². The summed E-state index contributed by atoms with van der Waals surface area (Å²) in [6.07, 6.45) is 0.629. The zero-order valence-electron chi connectivity index (χ0n) is 10.4. The summed E-state index contributed by atoms with van der Waals surface area (Å²) in [6.45, 7) is 2.15. The molecule has 1 rings (SSSR count). The molecule has 1 unspecified atom stereocenters. The average Bonchev–Trinajstić information content (AvgIpc) is 2.35. The van der Waals surface area contributed by atoms with Crippen LogP contribution in [0.1, 0.15) is 18.9 Å². The molecule has 0 aliphatic carbocycles. The van der Waals surface area contributed by atoms with Crippen LogP contribution in [0.3, 0.4) is 0 Å². The molecular weight excluding hydrogens is 270 g/mol. The largest absolute Gasteiger partial charge is 0.465 e. The molecule has 5 heteroatoms. The van der Waals surface area contributed by atoms with Crippen molar-refractivity contribution in [2.75, 3.05) is 12.4 Å². The summed E-state index contributed by atoms with van der Waals surface area (Å²) >= 11 is 7.63. The third kappa shape index (κ3) is 5.76. The van der Waals surface area contributed by atoms with Crippen LogP contribution in [0, 0.1) is 0 Å². The highest BCUT2D eigenvalue weighted by Gasteiger charge is 2.13. The van der Waals surface area contributed by atoms with E-state index in [2.05, 4.69) is 0 Å². The Morgan fingerprint density at radius 2 is 2.33 bits per heavy atom. The number of ether oxygens (including phenoxy) is 1. The number of hydrogen-bond donors (Lipinski definition) is 1. The Bertz CT molecular complexity index is 387. The van der Waals surface area contributed by atoms with E-state index < -0.39 is 6.04 Å². The molecule has 1 atom stereocenters. The van der Waals surface area contributed by atoms with E-state index >= 15 is 0 Å². The second-order valence-corrected chi connectivity index (χ2v) is 5.37. The molecule has 1 aromatic rings. The van der Waals surface area contributed by atoms with Crippen LogP contribution in [0.5, 0.6) is 0 Å². The molecule has 0 radical (unpaired) electrons. The monoisotopic (exact) mass is 287 g/mol. The highest BCUT2D eigenvalue weighted by atomic mass is 35.5. The molecule has 0 aliphatic heterocycles. The number of carbonyl (C=O) groups excluding carboxylic acids is 1. The molecule has 0 heterocycles. The fourth-order valence-electron chi connectivity index (χ4n) is 1.39. The van der Waals surface area contributed by atoms with Crippen LogP contribution in [0.15, 0.2) is 24.3 Å². The molecule has 2 N–H and O–H groups in total. The number of benzene rings is 1. The number of nitrogens with two attached hydrogens (primary N) is 1. The lowest BCUT2D eigenvalue weighted by atomic mass is 10.2. The Morgan fingerprint density at radius 1 is 1.56 bits per heavy atom. The quantitative estimate of drug-likeness (QED) is 0.619. The number of thioether (sulfide) groups is 1. The number of esters is 1. The predicted molar refractivity (Wildman–Crippen MR) is 76.8 cm³/mol. The van der Waals surface area contributed by atoms with Gasteiger partial charge in [-0.2, -0.15) is 11.8 Å². The van der Waals surface area contributed by atoms with Crippen molar-refractivity contribution >= 4 is 29.3 Å². The van der Waals surface area contributed by atoms with Gasteiger partial charge in [0, 0.05) is 10.8 Å². The van der Waals surface area contributed by atoms with E-state index in [0.29, 0.717) is 13.0 Å². The summed E-state index contributed by atoms with van der Waals surface area (Å²) in [5.74, 6) is 1.38. The van der Waals surface area contributed by atoms with Crippen molar-refractivity contribution in [3.63, 3.8) is 0 Å². The highest BCUT2D eigenvalue weighted by molar-refractivity contribution is 7.98.